The van der Waals surface area contributed by atoms with E-state index in [9.17, 15) is 9.59 Å². The van der Waals surface area contributed by atoms with E-state index in [1.807, 2.05) is 36.4 Å². The summed E-state index contributed by atoms with van der Waals surface area (Å²) >= 11 is 0. The van der Waals surface area contributed by atoms with E-state index < -0.39 is 0 Å². The highest BCUT2D eigenvalue weighted by Crippen LogP contribution is 2.64. The van der Waals surface area contributed by atoms with Gasteiger partial charge in [0.15, 0.2) is 11.6 Å². The standard InChI is InChI=1S/C62H52O2/c1-61(2)53-35-51(59(63)41-23-15-21-39(33-41)37-17-7-5-8-18-37)43-25-11-13-27-45(43)55(53)49-31-30-48-47(57(49)61)29-32-50-56-46-28-14-12-26-44(46)52(36-54(56)62(3,4)58(48)50)60(64)42-24-16-22-40(34-42)38-19-9-6-10-20-38/h5-27,29-33,35-36,42,46,53-56H,28,34H2,1-4H3. The van der Waals surface area contributed by atoms with E-state index in [4.69, 9.17) is 0 Å². The van der Waals surface area contributed by atoms with E-state index in [1.54, 1.807) is 0 Å². The van der Waals surface area contributed by atoms with Crippen LogP contribution in [0.15, 0.2) is 193 Å². The van der Waals surface area contributed by atoms with Crippen molar-refractivity contribution in [3.63, 3.8) is 0 Å². The van der Waals surface area contributed by atoms with Gasteiger partial charge in [-0.25, -0.2) is 0 Å². The molecule has 6 aliphatic carbocycles. The molecule has 0 saturated heterocycles. The average Bonchev–Trinajstić information content (AvgIpc) is 3.73. The fraction of sp³-hybridized carbons (Fsp3) is 0.226. The SMILES string of the molecule is CC1(C)c2c(ccc3c4c(ccc23)C2C3CC=CC=C3C(C(=O)C3C=CC=C(c5ccccc5)C3)=CC2C4(C)C)C2c3ccccc3C(C(=O)c3cccc(-c4ccccc4)c3)=CC21. The fourth-order valence-corrected chi connectivity index (χ4v) is 13.3. The van der Waals surface area contributed by atoms with Crippen LogP contribution in [0.3, 0.4) is 0 Å². The number of ketones is 2. The smallest absolute Gasteiger partial charge is 0.193 e. The van der Waals surface area contributed by atoms with Crippen LogP contribution in [0.5, 0.6) is 0 Å². The number of carbonyl (C=O) groups is 2. The van der Waals surface area contributed by atoms with Crippen molar-refractivity contribution in [2.24, 2.45) is 23.7 Å². The Balaban J connectivity index is 0.941. The van der Waals surface area contributed by atoms with Crippen molar-refractivity contribution in [1.29, 1.82) is 0 Å². The summed E-state index contributed by atoms with van der Waals surface area (Å²) in [7, 11) is 0. The lowest BCUT2D eigenvalue weighted by molar-refractivity contribution is -0.117. The van der Waals surface area contributed by atoms with E-state index in [-0.39, 0.29) is 57.9 Å². The third-order valence-electron chi connectivity index (χ3n) is 16.2. The lowest BCUT2D eigenvalue weighted by Crippen LogP contribution is -2.35. The number of hydrogen-bond donors (Lipinski definition) is 0. The van der Waals surface area contributed by atoms with Crippen LogP contribution in [0.25, 0.3) is 33.0 Å². The van der Waals surface area contributed by atoms with Gasteiger partial charge in [-0.15, -0.1) is 0 Å². The maximum absolute atomic E-state index is 14.9. The Hall–Kier alpha value is -6.64. The molecule has 0 spiro atoms. The summed E-state index contributed by atoms with van der Waals surface area (Å²) < 4.78 is 0. The molecule has 64 heavy (non-hydrogen) atoms. The number of allylic oxidation sites excluding steroid dienone is 12. The Morgan fingerprint density at radius 3 is 2.02 bits per heavy atom. The highest BCUT2D eigenvalue weighted by molar-refractivity contribution is 6.30. The zero-order valence-electron chi connectivity index (χ0n) is 37.0. The van der Waals surface area contributed by atoms with Crippen LogP contribution in [0.4, 0.5) is 0 Å². The van der Waals surface area contributed by atoms with Crippen LogP contribution in [-0.4, -0.2) is 11.6 Å². The van der Waals surface area contributed by atoms with Gasteiger partial charge in [0.1, 0.15) is 0 Å². The summed E-state index contributed by atoms with van der Waals surface area (Å²) in [5, 5.41) is 2.66. The van der Waals surface area contributed by atoms with Crippen LogP contribution in [0, 0.1) is 23.7 Å². The predicted molar refractivity (Wildman–Crippen MR) is 262 cm³/mol. The second-order valence-corrected chi connectivity index (χ2v) is 20.2. The van der Waals surface area contributed by atoms with E-state index >= 15 is 0 Å². The van der Waals surface area contributed by atoms with Crippen molar-refractivity contribution in [2.75, 3.05) is 0 Å². The molecule has 12 rings (SSSR count). The number of benzene rings is 6. The lowest BCUT2D eigenvalue weighted by atomic mass is 9.62. The number of hydrogen-bond acceptors (Lipinski definition) is 2. The molecule has 0 N–H and O–H groups in total. The van der Waals surface area contributed by atoms with Crippen LogP contribution in [-0.2, 0) is 15.6 Å². The summed E-state index contributed by atoms with van der Waals surface area (Å²) in [5.74, 6) is 1.10. The first-order valence-corrected chi connectivity index (χ1v) is 23.3. The molecule has 2 heteroatoms. The Morgan fingerprint density at radius 2 is 1.23 bits per heavy atom. The molecule has 0 saturated carbocycles. The van der Waals surface area contributed by atoms with Gasteiger partial charge < -0.3 is 0 Å². The molecule has 2 nitrogen and oxygen atoms in total. The Bertz CT molecular complexity index is 3160. The average molecular weight is 829 g/mol. The van der Waals surface area contributed by atoms with Crippen molar-refractivity contribution >= 4 is 33.5 Å². The van der Waals surface area contributed by atoms with E-state index in [0.29, 0.717) is 12.0 Å². The summed E-state index contributed by atoms with van der Waals surface area (Å²) in [5.41, 5.74) is 15.7. The molecule has 0 bridgehead atoms. The van der Waals surface area contributed by atoms with Gasteiger partial charge in [0, 0.05) is 28.5 Å². The van der Waals surface area contributed by atoms with Crippen LogP contribution in [0.2, 0.25) is 0 Å². The number of fused-ring (bicyclic) bond motifs is 13. The molecule has 6 unspecified atom stereocenters. The summed E-state index contributed by atoms with van der Waals surface area (Å²) in [6, 6.07) is 47.3. The first kappa shape index (κ1) is 39.0. The van der Waals surface area contributed by atoms with Crippen molar-refractivity contribution < 1.29 is 9.59 Å². The molecule has 0 radical (unpaired) electrons. The van der Waals surface area contributed by atoms with Gasteiger partial charge in [0.05, 0.1) is 0 Å². The van der Waals surface area contributed by atoms with Gasteiger partial charge in [0.25, 0.3) is 0 Å². The quantitative estimate of drug-likeness (QED) is 0.157. The molecule has 0 aromatic heterocycles. The van der Waals surface area contributed by atoms with Gasteiger partial charge in [-0.1, -0.05) is 204 Å². The van der Waals surface area contributed by atoms with Gasteiger partial charge in [0.2, 0.25) is 0 Å². The van der Waals surface area contributed by atoms with E-state index in [1.165, 1.54) is 55.3 Å². The molecule has 6 aliphatic rings. The molecular weight excluding hydrogens is 777 g/mol. The minimum absolute atomic E-state index is 0.0759. The molecule has 6 aromatic carbocycles. The Kier molecular flexibility index (Phi) is 8.80. The van der Waals surface area contributed by atoms with Crippen molar-refractivity contribution in [2.45, 2.75) is 63.2 Å². The first-order chi connectivity index (χ1) is 31.1. The molecule has 0 fully saturated rings. The van der Waals surface area contributed by atoms with Gasteiger partial charge >= 0.3 is 0 Å². The minimum Gasteiger partial charge on any atom is -0.294 e. The fourth-order valence-electron chi connectivity index (χ4n) is 13.3. The zero-order valence-corrected chi connectivity index (χ0v) is 37.0. The van der Waals surface area contributed by atoms with E-state index in [2.05, 4.69) is 173 Å². The van der Waals surface area contributed by atoms with Gasteiger partial charge in [-0.2, -0.15) is 0 Å². The van der Waals surface area contributed by atoms with Gasteiger partial charge in [-0.3, -0.25) is 9.59 Å². The first-order valence-electron chi connectivity index (χ1n) is 23.3. The third kappa shape index (κ3) is 5.70. The third-order valence-corrected chi connectivity index (χ3v) is 16.2. The van der Waals surface area contributed by atoms with Crippen molar-refractivity contribution in [3.05, 3.63) is 238 Å². The predicted octanol–water partition coefficient (Wildman–Crippen LogP) is 14.5. The highest BCUT2D eigenvalue weighted by atomic mass is 16.1. The second-order valence-electron chi connectivity index (χ2n) is 20.2. The topological polar surface area (TPSA) is 34.1 Å². The Morgan fingerprint density at radius 1 is 0.578 bits per heavy atom. The maximum atomic E-state index is 14.9. The number of carbonyl (C=O) groups excluding carboxylic acids is 2. The summed E-state index contributed by atoms with van der Waals surface area (Å²) in [4.78, 5) is 29.6. The van der Waals surface area contributed by atoms with Crippen LogP contribution in [0.1, 0.15) is 102 Å². The monoisotopic (exact) mass is 828 g/mol. The molecule has 0 heterocycles. The maximum Gasteiger partial charge on any atom is 0.193 e. The van der Waals surface area contributed by atoms with Gasteiger partial charge in [-0.05, 0) is 125 Å². The molecule has 6 aromatic rings. The van der Waals surface area contributed by atoms with Crippen LogP contribution < -0.4 is 0 Å². The molecule has 6 atom stereocenters. The number of rotatable bonds is 6. The Labute approximate surface area is 377 Å². The second kappa shape index (κ2) is 14.4. The summed E-state index contributed by atoms with van der Waals surface area (Å²) in [6.45, 7) is 9.67. The van der Waals surface area contributed by atoms with E-state index in [0.717, 1.165) is 34.3 Å². The summed E-state index contributed by atoms with van der Waals surface area (Å²) in [6.07, 6.45) is 19.5. The molecule has 0 aliphatic heterocycles. The molecule has 312 valence electrons. The highest BCUT2D eigenvalue weighted by Gasteiger charge is 2.54. The lowest BCUT2D eigenvalue weighted by Gasteiger charge is -2.41. The van der Waals surface area contributed by atoms with Crippen molar-refractivity contribution in [1.82, 2.24) is 0 Å². The number of Topliss-reactive ketones (excluding diaryl/α,β-unsaturated/α-hetero) is 2. The largest absolute Gasteiger partial charge is 0.294 e. The van der Waals surface area contributed by atoms with Crippen LogP contribution >= 0.6 is 0 Å². The normalized spacial score (nSPS) is 25.1. The molecular formula is C62H52O2. The molecule has 0 amide bonds. The zero-order chi connectivity index (χ0) is 43.5. The van der Waals surface area contributed by atoms with Crippen molar-refractivity contribution in [3.8, 4) is 11.1 Å². The minimum atomic E-state index is -0.252.